The summed E-state index contributed by atoms with van der Waals surface area (Å²) in [6, 6.07) is 13.0. The molecule has 0 bridgehead atoms. The van der Waals surface area contributed by atoms with E-state index in [9.17, 15) is 0 Å². The highest BCUT2D eigenvalue weighted by Gasteiger charge is 2.08. The van der Waals surface area contributed by atoms with Gasteiger partial charge in [0.05, 0.1) is 32.2 Å². The maximum absolute atomic E-state index is 5.64. The number of benzene rings is 2. The quantitative estimate of drug-likeness (QED) is 0.601. The van der Waals surface area contributed by atoms with Gasteiger partial charge in [0.15, 0.2) is 5.82 Å². The van der Waals surface area contributed by atoms with Gasteiger partial charge in [-0.1, -0.05) is 0 Å². The minimum absolute atomic E-state index is 0.129. The first kappa shape index (κ1) is 19.2. The summed E-state index contributed by atoms with van der Waals surface area (Å²) in [6.07, 6.45) is 1.66. The zero-order chi connectivity index (χ0) is 19.9. The van der Waals surface area contributed by atoms with E-state index in [1.54, 1.807) is 20.3 Å². The van der Waals surface area contributed by atoms with Gasteiger partial charge in [-0.15, -0.1) is 5.10 Å². The van der Waals surface area contributed by atoms with Crippen molar-refractivity contribution < 1.29 is 14.2 Å². The molecule has 0 unspecified atom stereocenters. The molecule has 1 aromatic heterocycles. The Kier molecular flexibility index (Phi) is 6.11. The third-order valence-electron chi connectivity index (χ3n) is 3.71. The van der Waals surface area contributed by atoms with Gasteiger partial charge < -0.3 is 24.8 Å². The zero-order valence-corrected chi connectivity index (χ0v) is 16.3. The summed E-state index contributed by atoms with van der Waals surface area (Å²) in [5, 5.41) is 14.3. The van der Waals surface area contributed by atoms with Crippen molar-refractivity contribution in [3.8, 4) is 17.2 Å². The average Bonchev–Trinajstić information content (AvgIpc) is 2.70. The number of hydrogen-bond acceptors (Lipinski definition) is 8. The molecule has 146 valence electrons. The Morgan fingerprint density at radius 2 is 1.64 bits per heavy atom. The molecule has 3 rings (SSSR count). The molecular formula is C20H23N5O3. The molecule has 3 aromatic rings. The van der Waals surface area contributed by atoms with Crippen molar-refractivity contribution in [3.05, 3.63) is 48.7 Å². The minimum Gasteiger partial charge on any atom is -0.497 e. The lowest BCUT2D eigenvalue weighted by Gasteiger charge is -2.12. The SMILES string of the molecule is COc1ccc(Nc2cnnc(Nc3ccc(OC(C)C)cc3)n2)c(OC)c1. The third kappa shape index (κ3) is 5.00. The van der Waals surface area contributed by atoms with Crippen LogP contribution < -0.4 is 24.8 Å². The monoisotopic (exact) mass is 381 g/mol. The molecule has 2 aromatic carbocycles. The fraction of sp³-hybridized carbons (Fsp3) is 0.250. The van der Waals surface area contributed by atoms with Crippen LogP contribution in [0.2, 0.25) is 0 Å². The second-order valence-electron chi connectivity index (χ2n) is 6.17. The van der Waals surface area contributed by atoms with Crippen LogP contribution in [-0.4, -0.2) is 35.5 Å². The highest BCUT2D eigenvalue weighted by Crippen LogP contribution is 2.31. The highest BCUT2D eigenvalue weighted by atomic mass is 16.5. The van der Waals surface area contributed by atoms with Crippen LogP contribution in [0.3, 0.4) is 0 Å². The first-order valence-electron chi connectivity index (χ1n) is 8.80. The van der Waals surface area contributed by atoms with Gasteiger partial charge in [0, 0.05) is 11.8 Å². The minimum atomic E-state index is 0.129. The Balaban J connectivity index is 1.72. The predicted octanol–water partition coefficient (Wildman–Crippen LogP) is 4.16. The first-order valence-corrected chi connectivity index (χ1v) is 8.80. The molecule has 0 atom stereocenters. The summed E-state index contributed by atoms with van der Waals surface area (Å²) in [5.41, 5.74) is 1.57. The number of nitrogens with zero attached hydrogens (tertiary/aromatic N) is 3. The molecule has 0 spiro atoms. The Morgan fingerprint density at radius 3 is 2.32 bits per heavy atom. The second-order valence-corrected chi connectivity index (χ2v) is 6.17. The molecule has 0 fully saturated rings. The van der Waals surface area contributed by atoms with Crippen molar-refractivity contribution in [2.45, 2.75) is 20.0 Å². The van der Waals surface area contributed by atoms with Crippen LogP contribution >= 0.6 is 0 Å². The van der Waals surface area contributed by atoms with Crippen molar-refractivity contribution in [3.63, 3.8) is 0 Å². The van der Waals surface area contributed by atoms with Crippen molar-refractivity contribution >= 4 is 23.1 Å². The molecule has 0 saturated heterocycles. The molecule has 0 aliphatic rings. The normalized spacial score (nSPS) is 10.5. The number of nitrogens with one attached hydrogen (secondary N) is 2. The number of methoxy groups -OCH3 is 2. The molecule has 0 amide bonds. The molecule has 1 heterocycles. The molecule has 28 heavy (non-hydrogen) atoms. The van der Waals surface area contributed by atoms with Gasteiger partial charge in [-0.05, 0) is 50.2 Å². The van der Waals surface area contributed by atoms with Gasteiger partial charge in [-0.2, -0.15) is 10.1 Å². The van der Waals surface area contributed by atoms with Gasteiger partial charge in [0.2, 0.25) is 5.95 Å². The van der Waals surface area contributed by atoms with Gasteiger partial charge in [-0.3, -0.25) is 0 Å². The second kappa shape index (κ2) is 8.90. The maximum atomic E-state index is 5.64. The van der Waals surface area contributed by atoms with Crippen LogP contribution in [-0.2, 0) is 0 Å². The Bertz CT molecular complexity index is 916. The average molecular weight is 381 g/mol. The van der Waals surface area contributed by atoms with Gasteiger partial charge in [0.1, 0.15) is 17.2 Å². The molecule has 0 aliphatic carbocycles. The van der Waals surface area contributed by atoms with E-state index in [4.69, 9.17) is 14.2 Å². The zero-order valence-electron chi connectivity index (χ0n) is 16.3. The van der Waals surface area contributed by atoms with Crippen molar-refractivity contribution in [2.24, 2.45) is 0 Å². The van der Waals surface area contributed by atoms with E-state index in [1.807, 2.05) is 50.2 Å². The van der Waals surface area contributed by atoms with E-state index in [-0.39, 0.29) is 6.10 Å². The molecule has 2 N–H and O–H groups in total. The molecule has 0 saturated carbocycles. The number of rotatable bonds is 8. The molecule has 8 nitrogen and oxygen atoms in total. The van der Waals surface area contributed by atoms with Crippen molar-refractivity contribution in [1.29, 1.82) is 0 Å². The topological polar surface area (TPSA) is 90.4 Å². The number of aromatic nitrogens is 3. The van der Waals surface area contributed by atoms with E-state index in [0.29, 0.717) is 23.3 Å². The summed E-state index contributed by atoms with van der Waals surface area (Å²) in [4.78, 5) is 4.44. The summed E-state index contributed by atoms with van der Waals surface area (Å²) >= 11 is 0. The molecule has 8 heteroatoms. The Hall–Kier alpha value is -3.55. The third-order valence-corrected chi connectivity index (χ3v) is 3.71. The molecule has 0 aliphatic heterocycles. The maximum Gasteiger partial charge on any atom is 0.249 e. The standard InChI is InChI=1S/C20H23N5O3/c1-13(2)28-15-7-5-14(6-8-15)22-20-24-19(12-21-25-20)23-17-10-9-16(26-3)11-18(17)27-4/h5-13H,1-4H3,(H2,22,23,24,25). The number of anilines is 4. The first-order chi connectivity index (χ1) is 13.6. The van der Waals surface area contributed by atoms with E-state index in [1.165, 1.54) is 6.20 Å². The van der Waals surface area contributed by atoms with Gasteiger partial charge >= 0.3 is 0 Å². The molecular weight excluding hydrogens is 358 g/mol. The van der Waals surface area contributed by atoms with Crippen molar-refractivity contribution in [1.82, 2.24) is 15.2 Å². The summed E-state index contributed by atoms with van der Waals surface area (Å²) in [5.74, 6) is 3.04. The lowest BCUT2D eigenvalue weighted by Crippen LogP contribution is -2.05. The van der Waals surface area contributed by atoms with E-state index >= 15 is 0 Å². The summed E-state index contributed by atoms with van der Waals surface area (Å²) in [6.45, 7) is 3.98. The van der Waals surface area contributed by atoms with Crippen LogP contribution in [0, 0.1) is 0 Å². The largest absolute Gasteiger partial charge is 0.497 e. The summed E-state index contributed by atoms with van der Waals surface area (Å²) in [7, 11) is 3.20. The van der Waals surface area contributed by atoms with E-state index in [0.717, 1.165) is 17.1 Å². The van der Waals surface area contributed by atoms with E-state index < -0.39 is 0 Å². The smallest absolute Gasteiger partial charge is 0.249 e. The lowest BCUT2D eigenvalue weighted by molar-refractivity contribution is 0.242. The molecule has 0 radical (unpaired) electrons. The summed E-state index contributed by atoms with van der Waals surface area (Å²) < 4.78 is 16.2. The van der Waals surface area contributed by atoms with Crippen LogP contribution in [0.4, 0.5) is 23.1 Å². The van der Waals surface area contributed by atoms with Crippen LogP contribution in [0.25, 0.3) is 0 Å². The van der Waals surface area contributed by atoms with Gasteiger partial charge in [-0.25, -0.2) is 0 Å². The van der Waals surface area contributed by atoms with Crippen LogP contribution in [0.15, 0.2) is 48.7 Å². The predicted molar refractivity (Wildman–Crippen MR) is 108 cm³/mol. The van der Waals surface area contributed by atoms with Crippen molar-refractivity contribution in [2.75, 3.05) is 24.9 Å². The number of hydrogen-bond donors (Lipinski definition) is 2. The van der Waals surface area contributed by atoms with E-state index in [2.05, 4.69) is 25.8 Å². The fourth-order valence-electron chi connectivity index (χ4n) is 2.47. The Morgan fingerprint density at radius 1 is 0.893 bits per heavy atom. The fourth-order valence-corrected chi connectivity index (χ4v) is 2.47. The Labute approximate surface area is 163 Å². The number of ether oxygens (including phenoxy) is 3. The van der Waals surface area contributed by atoms with Gasteiger partial charge in [0.25, 0.3) is 0 Å². The van der Waals surface area contributed by atoms with Crippen LogP contribution in [0.1, 0.15) is 13.8 Å². The highest BCUT2D eigenvalue weighted by molar-refractivity contribution is 5.66. The van der Waals surface area contributed by atoms with Crippen LogP contribution in [0.5, 0.6) is 17.2 Å². The lowest BCUT2D eigenvalue weighted by atomic mass is 10.2.